The van der Waals surface area contributed by atoms with Gasteiger partial charge in [-0.1, -0.05) is 36.5 Å². The molecule has 9 nitrogen and oxygen atoms in total. The van der Waals surface area contributed by atoms with Crippen molar-refractivity contribution < 1.29 is 28.7 Å². The highest BCUT2D eigenvalue weighted by Gasteiger charge is 2.40. The molecule has 0 aromatic heterocycles. The monoisotopic (exact) mass is 581 g/mol. The van der Waals surface area contributed by atoms with E-state index < -0.39 is 17.8 Å². The average molecular weight is 582 g/mol. The van der Waals surface area contributed by atoms with Crippen molar-refractivity contribution in [3.05, 3.63) is 93.6 Å². The highest BCUT2D eigenvalue weighted by Crippen LogP contribution is 2.37. The molecule has 2 N–H and O–H groups in total. The molecule has 0 fully saturated rings. The summed E-state index contributed by atoms with van der Waals surface area (Å²) in [6, 6.07) is 17.2. The predicted octanol–water partition coefficient (Wildman–Crippen LogP) is 5.99. The summed E-state index contributed by atoms with van der Waals surface area (Å²) in [5.74, 6) is -1.94. The Kier molecular flexibility index (Phi) is 9.08. The first kappa shape index (κ1) is 28.7. The van der Waals surface area contributed by atoms with Gasteiger partial charge in [0.05, 0.1) is 25.0 Å². The Labute approximate surface area is 240 Å². The number of ether oxygens (including phenoxy) is 2. The molecular formula is C29H25Cl2N3O6. The number of benzene rings is 3. The van der Waals surface area contributed by atoms with E-state index in [1.54, 1.807) is 54.6 Å². The van der Waals surface area contributed by atoms with Crippen molar-refractivity contribution in [3.8, 4) is 5.75 Å². The molecule has 11 heteroatoms. The van der Waals surface area contributed by atoms with Gasteiger partial charge in [0.1, 0.15) is 16.5 Å². The zero-order valence-electron chi connectivity index (χ0n) is 21.6. The SMILES string of the molecule is CCCCOC(=O)c1ccc(NC(=O)c2ccc(NC3=C(Cl)C(=O)N(c4cc(Cl)ccc4OC)C3=O)cc2)cc1. The minimum absolute atomic E-state index is 0.126. The van der Waals surface area contributed by atoms with E-state index in [9.17, 15) is 19.2 Å². The van der Waals surface area contributed by atoms with Gasteiger partial charge < -0.3 is 20.1 Å². The molecule has 0 radical (unpaired) electrons. The second-order valence-corrected chi connectivity index (χ2v) is 9.49. The fourth-order valence-electron chi connectivity index (χ4n) is 3.80. The van der Waals surface area contributed by atoms with Gasteiger partial charge in [-0.2, -0.15) is 0 Å². The molecule has 1 heterocycles. The van der Waals surface area contributed by atoms with Gasteiger partial charge in [0, 0.05) is 22.0 Å². The number of amides is 3. The highest BCUT2D eigenvalue weighted by molar-refractivity contribution is 6.53. The third-order valence-electron chi connectivity index (χ3n) is 5.94. The number of nitrogens with zero attached hydrogens (tertiary/aromatic N) is 1. The van der Waals surface area contributed by atoms with Crippen LogP contribution < -0.4 is 20.3 Å². The predicted molar refractivity (Wildman–Crippen MR) is 153 cm³/mol. The molecule has 0 unspecified atom stereocenters. The number of carbonyl (C=O) groups excluding carboxylic acids is 4. The number of hydrogen-bond donors (Lipinski definition) is 2. The lowest BCUT2D eigenvalue weighted by Crippen LogP contribution is -2.32. The molecule has 3 aromatic carbocycles. The van der Waals surface area contributed by atoms with Crippen molar-refractivity contribution in [2.75, 3.05) is 29.3 Å². The lowest BCUT2D eigenvalue weighted by Gasteiger charge is -2.18. The highest BCUT2D eigenvalue weighted by atomic mass is 35.5. The molecule has 0 atom stereocenters. The van der Waals surface area contributed by atoms with E-state index in [0.717, 1.165) is 17.7 Å². The first-order chi connectivity index (χ1) is 19.2. The Morgan fingerprint density at radius 1 is 0.875 bits per heavy atom. The van der Waals surface area contributed by atoms with E-state index in [1.165, 1.54) is 19.2 Å². The van der Waals surface area contributed by atoms with Gasteiger partial charge in [0.15, 0.2) is 0 Å². The number of methoxy groups -OCH3 is 1. The zero-order valence-corrected chi connectivity index (χ0v) is 23.1. The molecule has 206 valence electrons. The van der Waals surface area contributed by atoms with Gasteiger partial charge in [-0.25, -0.2) is 9.69 Å². The zero-order chi connectivity index (χ0) is 28.8. The molecule has 0 bridgehead atoms. The van der Waals surface area contributed by atoms with Crippen molar-refractivity contribution >= 4 is 64.0 Å². The van der Waals surface area contributed by atoms with Crippen molar-refractivity contribution in [2.24, 2.45) is 0 Å². The topological polar surface area (TPSA) is 114 Å². The molecule has 0 spiro atoms. The summed E-state index contributed by atoms with van der Waals surface area (Å²) in [4.78, 5) is 51.6. The van der Waals surface area contributed by atoms with Crippen molar-refractivity contribution in [1.82, 2.24) is 0 Å². The van der Waals surface area contributed by atoms with Gasteiger partial charge in [0.2, 0.25) is 0 Å². The van der Waals surface area contributed by atoms with Crippen LogP contribution in [0.25, 0.3) is 0 Å². The quantitative estimate of drug-likeness (QED) is 0.171. The summed E-state index contributed by atoms with van der Waals surface area (Å²) < 4.78 is 10.4. The number of nitrogens with one attached hydrogen (secondary N) is 2. The molecule has 1 aliphatic heterocycles. The lowest BCUT2D eigenvalue weighted by molar-refractivity contribution is -0.120. The van der Waals surface area contributed by atoms with Crippen LogP contribution in [-0.4, -0.2) is 37.4 Å². The molecule has 3 aromatic rings. The van der Waals surface area contributed by atoms with Gasteiger partial charge in [-0.15, -0.1) is 0 Å². The maximum absolute atomic E-state index is 13.1. The number of hydrogen-bond acceptors (Lipinski definition) is 7. The second kappa shape index (κ2) is 12.7. The standard InChI is InChI=1S/C29H25Cl2N3O6/c1-3-4-15-40-29(38)18-7-12-21(13-8-18)33-26(35)17-5-10-20(11-6-17)32-25-24(31)27(36)34(28(25)37)22-16-19(30)9-14-23(22)39-2/h5-14,16,32H,3-4,15H2,1-2H3,(H,33,35). The summed E-state index contributed by atoms with van der Waals surface area (Å²) >= 11 is 12.3. The molecule has 0 saturated carbocycles. The summed E-state index contributed by atoms with van der Waals surface area (Å²) in [6.07, 6.45) is 1.72. The smallest absolute Gasteiger partial charge is 0.338 e. The fourth-order valence-corrected chi connectivity index (χ4v) is 4.18. The van der Waals surface area contributed by atoms with E-state index in [4.69, 9.17) is 32.7 Å². The maximum atomic E-state index is 13.1. The average Bonchev–Trinajstić information content (AvgIpc) is 3.16. The number of rotatable bonds is 10. The van der Waals surface area contributed by atoms with E-state index >= 15 is 0 Å². The van der Waals surface area contributed by atoms with Crippen LogP contribution in [-0.2, 0) is 14.3 Å². The van der Waals surface area contributed by atoms with Crippen LogP contribution in [0.4, 0.5) is 17.1 Å². The number of esters is 1. The molecule has 40 heavy (non-hydrogen) atoms. The Balaban J connectivity index is 1.41. The van der Waals surface area contributed by atoms with Crippen LogP contribution in [0.3, 0.4) is 0 Å². The lowest BCUT2D eigenvalue weighted by atomic mass is 10.1. The van der Waals surface area contributed by atoms with Crippen LogP contribution in [0.1, 0.15) is 40.5 Å². The molecular weight excluding hydrogens is 557 g/mol. The summed E-state index contributed by atoms with van der Waals surface area (Å²) in [5, 5.41) is 5.63. The van der Waals surface area contributed by atoms with Crippen LogP contribution in [0.15, 0.2) is 77.5 Å². The summed E-state index contributed by atoms with van der Waals surface area (Å²) in [5.41, 5.74) is 1.70. The van der Waals surface area contributed by atoms with Gasteiger partial charge in [0.25, 0.3) is 17.7 Å². The van der Waals surface area contributed by atoms with Crippen molar-refractivity contribution in [2.45, 2.75) is 19.8 Å². The normalized spacial score (nSPS) is 12.9. The number of unbranched alkanes of at least 4 members (excludes halogenated alkanes) is 1. The fraction of sp³-hybridized carbons (Fsp3) is 0.172. The molecule has 4 rings (SSSR count). The number of anilines is 3. The molecule has 0 aliphatic carbocycles. The van der Waals surface area contributed by atoms with Gasteiger partial charge in [-0.3, -0.25) is 14.4 Å². The Morgan fingerprint density at radius 2 is 1.52 bits per heavy atom. The Bertz CT molecular complexity index is 1490. The van der Waals surface area contributed by atoms with Crippen molar-refractivity contribution in [1.29, 1.82) is 0 Å². The van der Waals surface area contributed by atoms with Crippen LogP contribution in [0, 0.1) is 0 Å². The van der Waals surface area contributed by atoms with E-state index in [0.29, 0.717) is 34.1 Å². The minimum atomic E-state index is -0.731. The van der Waals surface area contributed by atoms with E-state index in [1.807, 2.05) is 6.92 Å². The van der Waals surface area contributed by atoms with Gasteiger partial charge in [-0.05, 0) is 73.2 Å². The third kappa shape index (κ3) is 6.27. The number of halogens is 2. The summed E-state index contributed by atoms with van der Waals surface area (Å²) in [6.45, 7) is 2.37. The van der Waals surface area contributed by atoms with Crippen LogP contribution in [0.5, 0.6) is 5.75 Å². The molecule has 3 amide bonds. The van der Waals surface area contributed by atoms with Crippen LogP contribution in [0.2, 0.25) is 5.02 Å². The second-order valence-electron chi connectivity index (χ2n) is 8.67. The number of imide groups is 1. The van der Waals surface area contributed by atoms with E-state index in [2.05, 4.69) is 10.6 Å². The van der Waals surface area contributed by atoms with E-state index in [-0.39, 0.29) is 28.1 Å². The first-order valence-corrected chi connectivity index (χ1v) is 13.1. The molecule has 1 aliphatic rings. The largest absolute Gasteiger partial charge is 0.495 e. The summed E-state index contributed by atoms with van der Waals surface area (Å²) in [7, 11) is 1.41. The van der Waals surface area contributed by atoms with Crippen molar-refractivity contribution in [3.63, 3.8) is 0 Å². The first-order valence-electron chi connectivity index (χ1n) is 12.3. The van der Waals surface area contributed by atoms with Gasteiger partial charge >= 0.3 is 5.97 Å². The maximum Gasteiger partial charge on any atom is 0.338 e. The molecule has 0 saturated heterocycles. The minimum Gasteiger partial charge on any atom is -0.495 e. The number of carbonyl (C=O) groups is 4. The Hall–Kier alpha value is -4.34. The van der Waals surface area contributed by atoms with Crippen LogP contribution >= 0.6 is 23.2 Å². The third-order valence-corrected chi connectivity index (χ3v) is 6.52. The Morgan fingerprint density at radius 3 is 2.17 bits per heavy atom.